The summed E-state index contributed by atoms with van der Waals surface area (Å²) in [5.41, 5.74) is 1.55. The second kappa shape index (κ2) is 5.42. The monoisotopic (exact) mass is 250 g/mol. The van der Waals surface area contributed by atoms with Crippen molar-refractivity contribution in [3.8, 4) is 5.75 Å². The summed E-state index contributed by atoms with van der Waals surface area (Å²) in [4.78, 5) is 11.9. The van der Waals surface area contributed by atoms with E-state index in [0.717, 1.165) is 5.56 Å². The highest BCUT2D eigenvalue weighted by Crippen LogP contribution is 2.28. The maximum absolute atomic E-state index is 11.9. The van der Waals surface area contributed by atoms with Crippen LogP contribution >= 0.6 is 0 Å². The molecule has 0 heterocycles. The van der Waals surface area contributed by atoms with Crippen LogP contribution in [0.5, 0.6) is 5.75 Å². The highest BCUT2D eigenvalue weighted by atomic mass is 16.5. The van der Waals surface area contributed by atoms with Gasteiger partial charge in [-0.3, -0.25) is 0 Å². The van der Waals surface area contributed by atoms with Crippen LogP contribution in [-0.4, -0.2) is 19.2 Å². The van der Waals surface area contributed by atoms with Crippen molar-refractivity contribution < 1.29 is 14.3 Å². The number of hydrogen-bond donors (Lipinski definition) is 0. The minimum atomic E-state index is -0.311. The Bertz CT molecular complexity index is 428. The van der Waals surface area contributed by atoms with Crippen molar-refractivity contribution in [1.82, 2.24) is 0 Å². The number of rotatable bonds is 3. The average Bonchev–Trinajstić information content (AvgIpc) is 2.26. The van der Waals surface area contributed by atoms with Gasteiger partial charge in [0.25, 0.3) is 0 Å². The molecule has 1 rings (SSSR count). The summed E-state index contributed by atoms with van der Waals surface area (Å²) in [6.07, 6.45) is -0.123. The van der Waals surface area contributed by atoms with E-state index in [-0.39, 0.29) is 17.5 Å². The van der Waals surface area contributed by atoms with Gasteiger partial charge in [0.2, 0.25) is 0 Å². The van der Waals surface area contributed by atoms with Crippen LogP contribution in [0.2, 0.25) is 0 Å². The molecule has 1 aromatic rings. The Labute approximate surface area is 109 Å². The van der Waals surface area contributed by atoms with Crippen molar-refractivity contribution in [2.45, 2.75) is 46.1 Å². The van der Waals surface area contributed by atoms with Crippen LogP contribution in [0.25, 0.3) is 0 Å². The lowest BCUT2D eigenvalue weighted by molar-refractivity contribution is 0.0377. The standard InChI is InChI=1S/C15H22O3/c1-10(2)18-14(16)11-7-12(15(3,4)5)9-13(8-11)17-6/h7-10H,1-6H3. The summed E-state index contributed by atoms with van der Waals surface area (Å²) >= 11 is 0. The first-order chi connectivity index (χ1) is 8.24. The van der Waals surface area contributed by atoms with E-state index in [1.54, 1.807) is 13.2 Å². The van der Waals surface area contributed by atoms with Gasteiger partial charge in [-0.15, -0.1) is 0 Å². The predicted octanol–water partition coefficient (Wildman–Crippen LogP) is 3.56. The Kier molecular flexibility index (Phi) is 4.38. The van der Waals surface area contributed by atoms with Crippen molar-refractivity contribution >= 4 is 5.97 Å². The molecule has 0 unspecified atom stereocenters. The van der Waals surface area contributed by atoms with E-state index < -0.39 is 0 Å². The first-order valence-corrected chi connectivity index (χ1v) is 6.14. The number of benzene rings is 1. The lowest BCUT2D eigenvalue weighted by Gasteiger charge is -2.21. The molecule has 0 saturated carbocycles. The molecule has 0 aliphatic rings. The first-order valence-electron chi connectivity index (χ1n) is 6.14. The molecule has 0 atom stereocenters. The Balaban J connectivity index is 3.16. The van der Waals surface area contributed by atoms with Crippen molar-refractivity contribution in [2.24, 2.45) is 0 Å². The van der Waals surface area contributed by atoms with E-state index in [4.69, 9.17) is 9.47 Å². The van der Waals surface area contributed by atoms with Gasteiger partial charge in [0.1, 0.15) is 5.75 Å². The highest BCUT2D eigenvalue weighted by molar-refractivity contribution is 5.90. The largest absolute Gasteiger partial charge is 0.497 e. The molecule has 0 spiro atoms. The van der Waals surface area contributed by atoms with Gasteiger partial charge in [0, 0.05) is 0 Å². The second-order valence-electron chi connectivity index (χ2n) is 5.65. The molecule has 0 aliphatic heterocycles. The highest BCUT2D eigenvalue weighted by Gasteiger charge is 2.19. The van der Waals surface area contributed by atoms with E-state index in [1.165, 1.54) is 0 Å². The normalized spacial score (nSPS) is 11.5. The van der Waals surface area contributed by atoms with E-state index in [1.807, 2.05) is 26.0 Å². The summed E-state index contributed by atoms with van der Waals surface area (Å²) in [5.74, 6) is 0.368. The fraction of sp³-hybridized carbons (Fsp3) is 0.533. The minimum absolute atomic E-state index is 0.0403. The number of methoxy groups -OCH3 is 1. The third-order valence-corrected chi connectivity index (χ3v) is 2.59. The second-order valence-corrected chi connectivity index (χ2v) is 5.65. The average molecular weight is 250 g/mol. The lowest BCUT2D eigenvalue weighted by atomic mass is 9.86. The van der Waals surface area contributed by atoms with Gasteiger partial charge in [0.05, 0.1) is 18.8 Å². The van der Waals surface area contributed by atoms with Gasteiger partial charge in [-0.05, 0) is 43.0 Å². The molecule has 3 nitrogen and oxygen atoms in total. The lowest BCUT2D eigenvalue weighted by Crippen LogP contribution is -2.15. The fourth-order valence-electron chi connectivity index (χ4n) is 1.55. The van der Waals surface area contributed by atoms with Crippen molar-refractivity contribution in [3.05, 3.63) is 29.3 Å². The molecule has 0 radical (unpaired) electrons. The van der Waals surface area contributed by atoms with Crippen LogP contribution in [0, 0.1) is 0 Å². The molecule has 0 aliphatic carbocycles. The summed E-state index contributed by atoms with van der Waals surface area (Å²) in [6, 6.07) is 5.53. The number of carbonyl (C=O) groups is 1. The molecule has 3 heteroatoms. The van der Waals surface area contributed by atoms with Crippen LogP contribution in [0.1, 0.15) is 50.5 Å². The summed E-state index contributed by atoms with van der Waals surface area (Å²) < 4.78 is 10.4. The summed E-state index contributed by atoms with van der Waals surface area (Å²) in [7, 11) is 1.60. The van der Waals surface area contributed by atoms with Gasteiger partial charge in [-0.2, -0.15) is 0 Å². The molecule has 0 fully saturated rings. The predicted molar refractivity (Wildman–Crippen MR) is 72.2 cm³/mol. The molecule has 0 aromatic heterocycles. The molecular formula is C15H22O3. The molecule has 0 N–H and O–H groups in total. The van der Waals surface area contributed by atoms with Gasteiger partial charge in [0.15, 0.2) is 0 Å². The maximum atomic E-state index is 11.9. The zero-order valence-electron chi connectivity index (χ0n) is 12.0. The Morgan fingerprint density at radius 3 is 2.22 bits per heavy atom. The molecular weight excluding hydrogens is 228 g/mol. The number of esters is 1. The number of hydrogen-bond acceptors (Lipinski definition) is 3. The zero-order chi connectivity index (χ0) is 13.9. The number of ether oxygens (including phenoxy) is 2. The third-order valence-electron chi connectivity index (χ3n) is 2.59. The topological polar surface area (TPSA) is 35.5 Å². The molecule has 100 valence electrons. The van der Waals surface area contributed by atoms with Crippen molar-refractivity contribution in [3.63, 3.8) is 0 Å². The molecule has 0 amide bonds. The smallest absolute Gasteiger partial charge is 0.338 e. The first kappa shape index (κ1) is 14.6. The van der Waals surface area contributed by atoms with Crippen LogP contribution in [0.15, 0.2) is 18.2 Å². The summed E-state index contributed by atoms with van der Waals surface area (Å²) in [5, 5.41) is 0. The minimum Gasteiger partial charge on any atom is -0.497 e. The Morgan fingerprint density at radius 2 is 1.78 bits per heavy atom. The van der Waals surface area contributed by atoms with Gasteiger partial charge >= 0.3 is 5.97 Å². The summed E-state index contributed by atoms with van der Waals surface area (Å²) in [6.45, 7) is 9.96. The van der Waals surface area contributed by atoms with Crippen LogP contribution < -0.4 is 4.74 Å². The van der Waals surface area contributed by atoms with Gasteiger partial charge < -0.3 is 9.47 Å². The van der Waals surface area contributed by atoms with E-state index in [9.17, 15) is 4.79 Å². The van der Waals surface area contributed by atoms with Crippen LogP contribution in [-0.2, 0) is 10.2 Å². The van der Waals surface area contributed by atoms with Crippen molar-refractivity contribution in [2.75, 3.05) is 7.11 Å². The van der Waals surface area contributed by atoms with Crippen LogP contribution in [0.4, 0.5) is 0 Å². The van der Waals surface area contributed by atoms with Gasteiger partial charge in [-0.25, -0.2) is 4.79 Å². The van der Waals surface area contributed by atoms with Crippen LogP contribution in [0.3, 0.4) is 0 Å². The SMILES string of the molecule is COc1cc(C(=O)OC(C)C)cc(C(C)(C)C)c1. The molecule has 0 saturated heterocycles. The Morgan fingerprint density at radius 1 is 1.17 bits per heavy atom. The molecule has 0 bridgehead atoms. The Hall–Kier alpha value is -1.51. The quantitative estimate of drug-likeness (QED) is 0.769. The maximum Gasteiger partial charge on any atom is 0.338 e. The van der Waals surface area contributed by atoms with Crippen molar-refractivity contribution in [1.29, 1.82) is 0 Å². The fourth-order valence-corrected chi connectivity index (χ4v) is 1.55. The third kappa shape index (κ3) is 3.76. The molecule has 1 aromatic carbocycles. The van der Waals surface area contributed by atoms with E-state index in [2.05, 4.69) is 20.8 Å². The van der Waals surface area contributed by atoms with E-state index in [0.29, 0.717) is 11.3 Å². The van der Waals surface area contributed by atoms with Gasteiger partial charge in [-0.1, -0.05) is 20.8 Å². The number of carbonyl (C=O) groups excluding carboxylic acids is 1. The van der Waals surface area contributed by atoms with E-state index >= 15 is 0 Å². The molecule has 18 heavy (non-hydrogen) atoms. The zero-order valence-corrected chi connectivity index (χ0v) is 12.0.